The SMILES string of the molecule is CC1COc2c1c(Oc1cccc(Cl)c1)cc1nc(N)nc(N)c21. The molecule has 1 aliphatic heterocycles. The normalized spacial score (nSPS) is 16.0. The molecule has 1 atom stereocenters. The Bertz CT molecular complexity index is 961. The summed E-state index contributed by atoms with van der Waals surface area (Å²) >= 11 is 6.04. The van der Waals surface area contributed by atoms with E-state index in [0.29, 0.717) is 45.6 Å². The lowest BCUT2D eigenvalue weighted by molar-refractivity contribution is 0.340. The van der Waals surface area contributed by atoms with Crippen molar-refractivity contribution in [1.29, 1.82) is 0 Å². The molecule has 0 fully saturated rings. The van der Waals surface area contributed by atoms with Crippen LogP contribution in [0.25, 0.3) is 10.9 Å². The summed E-state index contributed by atoms with van der Waals surface area (Å²) in [5, 5.41) is 1.27. The first-order valence-electron chi connectivity index (χ1n) is 7.48. The van der Waals surface area contributed by atoms with Gasteiger partial charge >= 0.3 is 0 Å². The van der Waals surface area contributed by atoms with E-state index in [2.05, 4.69) is 16.9 Å². The van der Waals surface area contributed by atoms with Crippen LogP contribution in [0.5, 0.6) is 17.2 Å². The number of aromatic nitrogens is 2. The highest BCUT2D eigenvalue weighted by molar-refractivity contribution is 6.30. The van der Waals surface area contributed by atoms with E-state index in [-0.39, 0.29) is 11.9 Å². The minimum atomic E-state index is 0.111. The van der Waals surface area contributed by atoms with Crippen molar-refractivity contribution < 1.29 is 9.47 Å². The van der Waals surface area contributed by atoms with E-state index in [1.54, 1.807) is 12.1 Å². The third kappa shape index (κ3) is 2.35. The summed E-state index contributed by atoms with van der Waals surface area (Å²) < 4.78 is 11.9. The molecular weight excluding hydrogens is 328 g/mol. The van der Waals surface area contributed by atoms with Gasteiger partial charge in [0.15, 0.2) is 0 Å². The zero-order chi connectivity index (χ0) is 16.8. The topological polar surface area (TPSA) is 96.3 Å². The molecule has 1 aliphatic rings. The number of rotatable bonds is 2. The van der Waals surface area contributed by atoms with Gasteiger partial charge in [0.05, 0.1) is 17.5 Å². The van der Waals surface area contributed by atoms with E-state index in [0.717, 1.165) is 5.56 Å². The van der Waals surface area contributed by atoms with Crippen molar-refractivity contribution >= 4 is 34.3 Å². The lowest BCUT2D eigenvalue weighted by atomic mass is 9.99. The molecule has 1 aromatic heterocycles. The van der Waals surface area contributed by atoms with Crippen LogP contribution < -0.4 is 20.9 Å². The van der Waals surface area contributed by atoms with Crippen LogP contribution in [-0.4, -0.2) is 16.6 Å². The number of anilines is 2. The van der Waals surface area contributed by atoms with Crippen molar-refractivity contribution in [2.45, 2.75) is 12.8 Å². The molecule has 4 N–H and O–H groups in total. The molecule has 0 radical (unpaired) electrons. The lowest BCUT2D eigenvalue weighted by Crippen LogP contribution is -2.02. The summed E-state index contributed by atoms with van der Waals surface area (Å²) in [6.07, 6.45) is 0. The highest BCUT2D eigenvalue weighted by Gasteiger charge is 2.29. The fourth-order valence-corrected chi connectivity index (χ4v) is 3.13. The van der Waals surface area contributed by atoms with Crippen LogP contribution in [0.4, 0.5) is 11.8 Å². The summed E-state index contributed by atoms with van der Waals surface area (Å²) in [5.41, 5.74) is 13.3. The molecule has 2 heterocycles. The number of hydrogen-bond donors (Lipinski definition) is 2. The minimum absolute atomic E-state index is 0.111. The van der Waals surface area contributed by atoms with Crippen LogP contribution in [0.3, 0.4) is 0 Å². The van der Waals surface area contributed by atoms with Gasteiger partial charge in [-0.15, -0.1) is 0 Å². The number of nitrogen functional groups attached to an aromatic ring is 2. The molecule has 0 saturated carbocycles. The third-order valence-corrected chi connectivity index (χ3v) is 4.22. The second-order valence-corrected chi connectivity index (χ2v) is 6.19. The average Bonchev–Trinajstić information content (AvgIpc) is 2.89. The highest BCUT2D eigenvalue weighted by atomic mass is 35.5. The smallest absolute Gasteiger partial charge is 0.222 e. The summed E-state index contributed by atoms with van der Waals surface area (Å²) in [5.74, 6) is 2.53. The summed E-state index contributed by atoms with van der Waals surface area (Å²) in [7, 11) is 0. The number of hydrogen-bond acceptors (Lipinski definition) is 6. The predicted octanol–water partition coefficient (Wildman–Crippen LogP) is 3.74. The maximum absolute atomic E-state index is 6.05. The Kier molecular flexibility index (Phi) is 3.35. The Morgan fingerprint density at radius 1 is 1.25 bits per heavy atom. The van der Waals surface area contributed by atoms with Crippen molar-refractivity contribution in [1.82, 2.24) is 9.97 Å². The zero-order valence-electron chi connectivity index (χ0n) is 12.9. The van der Waals surface area contributed by atoms with Gasteiger partial charge in [0.25, 0.3) is 0 Å². The fourth-order valence-electron chi connectivity index (χ4n) is 2.95. The minimum Gasteiger partial charge on any atom is -0.492 e. The van der Waals surface area contributed by atoms with E-state index in [1.807, 2.05) is 18.2 Å². The molecule has 7 heteroatoms. The van der Waals surface area contributed by atoms with Gasteiger partial charge in [-0.05, 0) is 18.2 Å². The van der Waals surface area contributed by atoms with Gasteiger partial charge in [-0.2, -0.15) is 4.98 Å². The molecule has 4 rings (SSSR count). The predicted molar refractivity (Wildman–Crippen MR) is 93.8 cm³/mol. The van der Waals surface area contributed by atoms with E-state index >= 15 is 0 Å². The first kappa shape index (κ1) is 14.8. The van der Waals surface area contributed by atoms with Crippen LogP contribution in [0.15, 0.2) is 30.3 Å². The van der Waals surface area contributed by atoms with Gasteiger partial charge in [0, 0.05) is 22.6 Å². The quantitative estimate of drug-likeness (QED) is 0.736. The standard InChI is InChI=1S/C17H15ClN4O2/c1-8-7-23-15-13(8)12(24-10-4-2-3-9(18)5-10)6-11-14(15)16(19)22-17(20)21-11/h2-6,8H,7H2,1H3,(H4,19,20,21,22). The lowest BCUT2D eigenvalue weighted by Gasteiger charge is -2.14. The molecule has 2 aromatic carbocycles. The zero-order valence-corrected chi connectivity index (χ0v) is 13.7. The van der Waals surface area contributed by atoms with Crippen molar-refractivity contribution in [3.8, 4) is 17.2 Å². The number of nitrogens with two attached hydrogens (primary N) is 2. The van der Waals surface area contributed by atoms with Crippen LogP contribution in [0, 0.1) is 0 Å². The van der Waals surface area contributed by atoms with E-state index in [1.165, 1.54) is 0 Å². The number of nitrogens with zero attached hydrogens (tertiary/aromatic N) is 2. The number of halogens is 1. The Hall–Kier alpha value is -2.73. The monoisotopic (exact) mass is 342 g/mol. The van der Waals surface area contributed by atoms with Gasteiger partial charge < -0.3 is 20.9 Å². The molecule has 0 spiro atoms. The molecular formula is C17H15ClN4O2. The molecule has 0 aliphatic carbocycles. The maximum Gasteiger partial charge on any atom is 0.222 e. The molecule has 3 aromatic rings. The van der Waals surface area contributed by atoms with Crippen LogP contribution in [0.1, 0.15) is 18.4 Å². The van der Waals surface area contributed by atoms with Gasteiger partial charge in [0.1, 0.15) is 23.1 Å². The highest BCUT2D eigenvalue weighted by Crippen LogP contribution is 2.47. The Morgan fingerprint density at radius 2 is 2.08 bits per heavy atom. The van der Waals surface area contributed by atoms with Gasteiger partial charge in [0.2, 0.25) is 5.95 Å². The first-order chi connectivity index (χ1) is 11.5. The van der Waals surface area contributed by atoms with Crippen LogP contribution in [0.2, 0.25) is 5.02 Å². The van der Waals surface area contributed by atoms with Crippen molar-refractivity contribution in [2.24, 2.45) is 0 Å². The first-order valence-corrected chi connectivity index (χ1v) is 7.86. The number of fused-ring (bicyclic) bond motifs is 3. The average molecular weight is 343 g/mol. The van der Waals surface area contributed by atoms with E-state index < -0.39 is 0 Å². The van der Waals surface area contributed by atoms with Gasteiger partial charge in [-0.3, -0.25) is 0 Å². The Balaban J connectivity index is 1.94. The molecule has 0 saturated heterocycles. The second-order valence-electron chi connectivity index (χ2n) is 5.75. The molecule has 0 bridgehead atoms. The summed E-state index contributed by atoms with van der Waals surface area (Å²) in [6, 6.07) is 9.03. The fraction of sp³-hybridized carbons (Fsp3) is 0.176. The molecule has 1 unspecified atom stereocenters. The van der Waals surface area contributed by atoms with Gasteiger partial charge in [-0.25, -0.2) is 4.98 Å². The van der Waals surface area contributed by atoms with Crippen molar-refractivity contribution in [3.63, 3.8) is 0 Å². The maximum atomic E-state index is 6.05. The van der Waals surface area contributed by atoms with E-state index in [9.17, 15) is 0 Å². The van der Waals surface area contributed by atoms with Crippen LogP contribution in [-0.2, 0) is 0 Å². The van der Waals surface area contributed by atoms with Crippen molar-refractivity contribution in [2.75, 3.05) is 18.1 Å². The summed E-state index contributed by atoms with van der Waals surface area (Å²) in [6.45, 7) is 2.61. The number of benzene rings is 2. The second kappa shape index (κ2) is 5.42. The number of ether oxygens (including phenoxy) is 2. The van der Waals surface area contributed by atoms with Gasteiger partial charge in [-0.1, -0.05) is 24.6 Å². The molecule has 6 nitrogen and oxygen atoms in total. The summed E-state index contributed by atoms with van der Waals surface area (Å²) in [4.78, 5) is 8.30. The largest absolute Gasteiger partial charge is 0.492 e. The Labute approximate surface area is 143 Å². The van der Waals surface area contributed by atoms with Crippen LogP contribution >= 0.6 is 11.6 Å². The Morgan fingerprint density at radius 3 is 2.88 bits per heavy atom. The third-order valence-electron chi connectivity index (χ3n) is 3.98. The molecule has 0 amide bonds. The molecule has 122 valence electrons. The van der Waals surface area contributed by atoms with E-state index in [4.69, 9.17) is 32.5 Å². The van der Waals surface area contributed by atoms with Crippen molar-refractivity contribution in [3.05, 3.63) is 40.9 Å². The molecule has 24 heavy (non-hydrogen) atoms.